The number of rotatable bonds is 4. The molecule has 1 N–H and O–H groups in total. The summed E-state index contributed by atoms with van der Waals surface area (Å²) in [5.74, 6) is 4.37. The molecule has 4 fully saturated rings. The van der Waals surface area contributed by atoms with Gasteiger partial charge in [0.2, 0.25) is 5.91 Å². The van der Waals surface area contributed by atoms with Crippen LogP contribution in [0.3, 0.4) is 0 Å². The molecule has 3 heteroatoms. The van der Waals surface area contributed by atoms with Crippen LogP contribution in [0.5, 0.6) is 0 Å². The molecule has 5 rings (SSSR count). The number of hydrogen-bond donors (Lipinski definition) is 1. The fourth-order valence-corrected chi connectivity index (χ4v) is 9.29. The standard InChI is InChI=1S/C28H45NO2/c1-19(6-11-26(31)29-16-4-5-17-29)23-9-10-24-22-8-7-20-18-21(30)12-14-27(20,2)25(22)13-15-28(23,24)3/h7,19,21-25,30H,4-6,8-18H2,1-3H3/t19?,21-,22-,23+,24-,25-,27-,28+/m0/s1. The van der Waals surface area contributed by atoms with Crippen LogP contribution in [0.25, 0.3) is 0 Å². The van der Waals surface area contributed by atoms with E-state index in [2.05, 4.69) is 31.7 Å². The molecule has 1 saturated heterocycles. The number of aliphatic hydroxyl groups excluding tert-OH is 1. The summed E-state index contributed by atoms with van der Waals surface area (Å²) in [6.45, 7) is 9.58. The van der Waals surface area contributed by atoms with Crippen molar-refractivity contribution in [2.45, 2.75) is 104 Å². The van der Waals surface area contributed by atoms with Gasteiger partial charge in [-0.25, -0.2) is 0 Å². The first-order valence-corrected chi connectivity index (χ1v) is 13.5. The van der Waals surface area contributed by atoms with E-state index < -0.39 is 0 Å². The predicted molar refractivity (Wildman–Crippen MR) is 125 cm³/mol. The van der Waals surface area contributed by atoms with Crippen LogP contribution in [0.1, 0.15) is 97.8 Å². The third kappa shape index (κ3) is 3.62. The highest BCUT2D eigenvalue weighted by atomic mass is 16.3. The van der Waals surface area contributed by atoms with Crippen molar-refractivity contribution >= 4 is 5.91 Å². The Morgan fingerprint density at radius 1 is 1.13 bits per heavy atom. The van der Waals surface area contributed by atoms with Gasteiger partial charge in [0, 0.05) is 19.5 Å². The molecule has 3 saturated carbocycles. The molecular weight excluding hydrogens is 382 g/mol. The third-order valence-corrected chi connectivity index (χ3v) is 11.1. The average molecular weight is 428 g/mol. The summed E-state index contributed by atoms with van der Waals surface area (Å²) in [6.07, 6.45) is 16.5. The number of allylic oxidation sites excluding steroid dienone is 1. The van der Waals surface area contributed by atoms with Crippen LogP contribution in [0.2, 0.25) is 0 Å². The summed E-state index contributed by atoms with van der Waals surface area (Å²) >= 11 is 0. The lowest BCUT2D eigenvalue weighted by Gasteiger charge is -2.58. The van der Waals surface area contributed by atoms with Gasteiger partial charge < -0.3 is 10.0 Å². The first kappa shape index (κ1) is 22.0. The van der Waals surface area contributed by atoms with Gasteiger partial charge in [-0.2, -0.15) is 0 Å². The van der Waals surface area contributed by atoms with Gasteiger partial charge in [-0.05, 0) is 111 Å². The van der Waals surface area contributed by atoms with Gasteiger partial charge in [0.15, 0.2) is 0 Å². The fourth-order valence-electron chi connectivity index (χ4n) is 9.29. The molecule has 1 amide bonds. The second-order valence-electron chi connectivity index (χ2n) is 12.5. The van der Waals surface area contributed by atoms with E-state index in [0.717, 1.165) is 62.4 Å². The lowest BCUT2D eigenvalue weighted by molar-refractivity contribution is -0.130. The van der Waals surface area contributed by atoms with Gasteiger partial charge >= 0.3 is 0 Å². The summed E-state index contributed by atoms with van der Waals surface area (Å²) in [7, 11) is 0. The molecule has 0 aromatic rings. The maximum atomic E-state index is 12.6. The highest BCUT2D eigenvalue weighted by Gasteiger charge is 2.59. The number of amides is 1. The van der Waals surface area contributed by atoms with E-state index in [1.54, 1.807) is 5.57 Å². The minimum Gasteiger partial charge on any atom is -0.393 e. The van der Waals surface area contributed by atoms with Crippen molar-refractivity contribution in [1.82, 2.24) is 4.90 Å². The van der Waals surface area contributed by atoms with Crippen molar-refractivity contribution in [3.8, 4) is 0 Å². The van der Waals surface area contributed by atoms with Crippen molar-refractivity contribution in [2.24, 2.45) is 40.4 Å². The summed E-state index contributed by atoms with van der Waals surface area (Å²) < 4.78 is 0. The van der Waals surface area contributed by atoms with Crippen LogP contribution >= 0.6 is 0 Å². The van der Waals surface area contributed by atoms with E-state index in [0.29, 0.717) is 22.7 Å². The Morgan fingerprint density at radius 3 is 2.68 bits per heavy atom. The lowest BCUT2D eigenvalue weighted by Crippen LogP contribution is -2.50. The maximum Gasteiger partial charge on any atom is 0.222 e. The number of carbonyl (C=O) groups excluding carboxylic acids is 1. The van der Waals surface area contributed by atoms with Crippen molar-refractivity contribution in [1.29, 1.82) is 0 Å². The first-order valence-electron chi connectivity index (χ1n) is 13.5. The zero-order valence-corrected chi connectivity index (χ0v) is 20.2. The lowest BCUT2D eigenvalue weighted by atomic mass is 9.47. The summed E-state index contributed by atoms with van der Waals surface area (Å²) in [5, 5.41) is 10.2. The largest absolute Gasteiger partial charge is 0.393 e. The predicted octanol–water partition coefficient (Wildman–Crippen LogP) is 5.97. The van der Waals surface area contributed by atoms with E-state index >= 15 is 0 Å². The highest BCUT2D eigenvalue weighted by molar-refractivity contribution is 5.76. The van der Waals surface area contributed by atoms with Gasteiger partial charge in [-0.3, -0.25) is 4.79 Å². The van der Waals surface area contributed by atoms with Gasteiger partial charge in [0.1, 0.15) is 0 Å². The molecule has 1 aliphatic heterocycles. The van der Waals surface area contributed by atoms with E-state index in [4.69, 9.17) is 0 Å². The Hall–Kier alpha value is -0.830. The minimum absolute atomic E-state index is 0.107. The SMILES string of the molecule is CC(CCC(=O)N1CCCC1)[C@H]1CC[C@H]2[C@@H]3CC=C4C[C@@H](O)CC[C@]4(C)[C@H]3CC[C@]12C. The summed E-state index contributed by atoms with van der Waals surface area (Å²) in [6, 6.07) is 0. The normalized spacial score (nSPS) is 45.5. The third-order valence-electron chi connectivity index (χ3n) is 11.1. The van der Waals surface area contributed by atoms with Crippen molar-refractivity contribution in [3.63, 3.8) is 0 Å². The monoisotopic (exact) mass is 427 g/mol. The molecule has 3 nitrogen and oxygen atoms in total. The number of nitrogens with zero attached hydrogens (tertiary/aromatic N) is 1. The van der Waals surface area contributed by atoms with Crippen LogP contribution < -0.4 is 0 Å². The van der Waals surface area contributed by atoms with Gasteiger partial charge in [-0.15, -0.1) is 0 Å². The van der Waals surface area contributed by atoms with Crippen LogP contribution in [0.4, 0.5) is 0 Å². The zero-order chi connectivity index (χ0) is 21.8. The number of likely N-dealkylation sites (tertiary alicyclic amines) is 1. The van der Waals surface area contributed by atoms with Crippen LogP contribution in [-0.2, 0) is 4.79 Å². The molecule has 174 valence electrons. The molecule has 0 spiro atoms. The molecule has 1 heterocycles. The molecular formula is C28H45NO2. The molecule has 0 aromatic carbocycles. The second-order valence-corrected chi connectivity index (χ2v) is 12.5. The fraction of sp³-hybridized carbons (Fsp3) is 0.893. The Labute approximate surface area is 190 Å². The highest BCUT2D eigenvalue weighted by Crippen LogP contribution is 2.67. The van der Waals surface area contributed by atoms with Gasteiger partial charge in [0.25, 0.3) is 0 Å². The van der Waals surface area contributed by atoms with Crippen LogP contribution in [-0.4, -0.2) is 35.1 Å². The molecule has 31 heavy (non-hydrogen) atoms. The minimum atomic E-state index is -0.107. The Morgan fingerprint density at radius 2 is 1.90 bits per heavy atom. The van der Waals surface area contributed by atoms with Gasteiger partial charge in [-0.1, -0.05) is 32.4 Å². The van der Waals surface area contributed by atoms with Crippen molar-refractivity contribution in [3.05, 3.63) is 11.6 Å². The Bertz CT molecular complexity index is 725. The van der Waals surface area contributed by atoms with Crippen LogP contribution in [0, 0.1) is 40.4 Å². The first-order chi connectivity index (χ1) is 14.8. The number of fused-ring (bicyclic) bond motifs is 5. The maximum absolute atomic E-state index is 12.6. The molecule has 0 aromatic heterocycles. The molecule has 4 aliphatic carbocycles. The number of carbonyl (C=O) groups is 1. The average Bonchev–Trinajstić information content (AvgIpc) is 3.40. The zero-order valence-electron chi connectivity index (χ0n) is 20.2. The topological polar surface area (TPSA) is 40.5 Å². The Kier molecular flexibility index (Phi) is 5.81. The molecule has 1 unspecified atom stereocenters. The smallest absolute Gasteiger partial charge is 0.222 e. The van der Waals surface area contributed by atoms with E-state index in [1.807, 2.05) is 0 Å². The summed E-state index contributed by atoms with van der Waals surface area (Å²) in [5.41, 5.74) is 2.39. The number of aliphatic hydroxyl groups is 1. The van der Waals surface area contributed by atoms with Crippen molar-refractivity contribution < 1.29 is 9.90 Å². The van der Waals surface area contributed by atoms with Gasteiger partial charge in [0.05, 0.1) is 6.10 Å². The van der Waals surface area contributed by atoms with E-state index in [1.165, 1.54) is 51.4 Å². The van der Waals surface area contributed by atoms with Crippen molar-refractivity contribution in [2.75, 3.05) is 13.1 Å². The van der Waals surface area contributed by atoms with E-state index in [9.17, 15) is 9.90 Å². The quantitative estimate of drug-likeness (QED) is 0.562. The molecule has 0 bridgehead atoms. The molecule has 5 aliphatic rings. The number of hydrogen-bond acceptors (Lipinski definition) is 2. The Balaban J connectivity index is 1.27. The molecule has 0 radical (unpaired) electrons. The van der Waals surface area contributed by atoms with E-state index in [-0.39, 0.29) is 6.10 Å². The second kappa shape index (κ2) is 8.19. The van der Waals surface area contributed by atoms with Crippen LogP contribution in [0.15, 0.2) is 11.6 Å². The summed E-state index contributed by atoms with van der Waals surface area (Å²) in [4.78, 5) is 14.7. The molecule has 8 atom stereocenters.